The molecule has 2 aromatic heterocycles. The lowest BCUT2D eigenvalue weighted by molar-refractivity contribution is 0.778. The fourth-order valence-electron chi connectivity index (χ4n) is 8.72. The van der Waals surface area contributed by atoms with Gasteiger partial charge in [0, 0.05) is 58.8 Å². The SMILES string of the molecule is CCCc1ccc2c(c1)C1C=C(CC)C=C(c3ccc4[nH]c5ccc(C6CC(CC)=Cc7c6sc6ccc(CCC)cc76)cc5c4c3)C1S2. The Bertz CT molecular complexity index is 2360. The van der Waals surface area contributed by atoms with Gasteiger partial charge in [0.25, 0.3) is 0 Å². The molecule has 2 aliphatic carbocycles. The van der Waals surface area contributed by atoms with Crippen LogP contribution >= 0.6 is 23.1 Å². The number of allylic oxidation sites excluding steroid dienone is 4. The molecule has 4 aromatic carbocycles. The van der Waals surface area contributed by atoms with Crippen molar-refractivity contribution in [2.24, 2.45) is 0 Å². The highest BCUT2D eigenvalue weighted by atomic mass is 32.2. The van der Waals surface area contributed by atoms with E-state index in [2.05, 4.69) is 135 Å². The van der Waals surface area contributed by atoms with Crippen molar-refractivity contribution in [3.63, 3.8) is 0 Å². The van der Waals surface area contributed by atoms with Crippen molar-refractivity contribution in [1.82, 2.24) is 4.98 Å². The van der Waals surface area contributed by atoms with Gasteiger partial charge in [0.05, 0.1) is 0 Å². The highest BCUT2D eigenvalue weighted by molar-refractivity contribution is 8.00. The summed E-state index contributed by atoms with van der Waals surface area (Å²) in [6.07, 6.45) is 15.5. The number of H-pyrrole nitrogens is 1. The van der Waals surface area contributed by atoms with Crippen LogP contribution in [0, 0.1) is 0 Å². The van der Waals surface area contributed by atoms with Crippen molar-refractivity contribution in [2.75, 3.05) is 0 Å². The first kappa shape index (κ1) is 31.2. The Balaban J connectivity index is 1.12. The van der Waals surface area contributed by atoms with Gasteiger partial charge in [0.1, 0.15) is 0 Å². The lowest BCUT2D eigenvalue weighted by Crippen LogP contribution is -2.15. The topological polar surface area (TPSA) is 15.8 Å². The summed E-state index contributed by atoms with van der Waals surface area (Å²) < 4.78 is 1.43. The van der Waals surface area contributed by atoms with Crippen LogP contribution < -0.4 is 0 Å². The van der Waals surface area contributed by atoms with Crippen LogP contribution in [0.4, 0.5) is 0 Å². The molecular weight excluding hydrogens is 631 g/mol. The molecule has 246 valence electrons. The number of aromatic nitrogens is 1. The summed E-state index contributed by atoms with van der Waals surface area (Å²) in [5, 5.41) is 4.56. The Labute approximate surface area is 299 Å². The number of benzene rings is 4. The second kappa shape index (κ2) is 12.5. The van der Waals surface area contributed by atoms with Crippen molar-refractivity contribution in [1.29, 1.82) is 0 Å². The number of fused-ring (bicyclic) bond motifs is 9. The summed E-state index contributed by atoms with van der Waals surface area (Å²) in [6, 6.07) is 28.9. The maximum absolute atomic E-state index is 3.77. The van der Waals surface area contributed by atoms with Crippen LogP contribution in [0.15, 0.2) is 101 Å². The molecule has 0 saturated carbocycles. The van der Waals surface area contributed by atoms with Gasteiger partial charge in [-0.25, -0.2) is 0 Å². The third-order valence-electron chi connectivity index (χ3n) is 11.3. The zero-order valence-electron chi connectivity index (χ0n) is 29.2. The molecule has 0 amide bonds. The van der Waals surface area contributed by atoms with Crippen molar-refractivity contribution in [3.8, 4) is 0 Å². The van der Waals surface area contributed by atoms with Gasteiger partial charge < -0.3 is 4.98 Å². The summed E-state index contributed by atoms with van der Waals surface area (Å²) in [5.41, 5.74) is 15.7. The first-order valence-corrected chi connectivity index (χ1v) is 20.3. The Morgan fingerprint density at radius 1 is 0.735 bits per heavy atom. The Kier molecular flexibility index (Phi) is 7.97. The Morgan fingerprint density at radius 3 is 2.31 bits per heavy atom. The summed E-state index contributed by atoms with van der Waals surface area (Å²) >= 11 is 4.09. The van der Waals surface area contributed by atoms with E-state index >= 15 is 0 Å². The molecule has 3 heteroatoms. The van der Waals surface area contributed by atoms with E-state index < -0.39 is 0 Å². The third-order valence-corrected chi connectivity index (χ3v) is 14.0. The molecule has 1 nitrogen and oxygen atoms in total. The quantitative estimate of drug-likeness (QED) is 0.170. The van der Waals surface area contributed by atoms with Crippen molar-refractivity contribution in [2.45, 2.75) is 94.6 Å². The summed E-state index contributed by atoms with van der Waals surface area (Å²) in [7, 11) is 0. The minimum atomic E-state index is 0.393. The molecule has 3 unspecified atom stereocenters. The summed E-state index contributed by atoms with van der Waals surface area (Å²) in [5.74, 6) is 0.835. The van der Waals surface area contributed by atoms with Crippen LogP contribution in [0.1, 0.15) is 110 Å². The predicted molar refractivity (Wildman–Crippen MR) is 216 cm³/mol. The van der Waals surface area contributed by atoms with Gasteiger partial charge in [-0.2, -0.15) is 0 Å². The molecule has 0 radical (unpaired) electrons. The van der Waals surface area contributed by atoms with E-state index in [9.17, 15) is 0 Å². The predicted octanol–water partition coefficient (Wildman–Crippen LogP) is 13.8. The number of aromatic amines is 1. The zero-order chi connectivity index (χ0) is 33.2. The molecule has 0 spiro atoms. The number of nitrogens with one attached hydrogen (secondary N) is 1. The van der Waals surface area contributed by atoms with Crippen LogP contribution in [0.2, 0.25) is 0 Å². The van der Waals surface area contributed by atoms with Crippen molar-refractivity contribution in [3.05, 3.63) is 134 Å². The molecule has 0 fully saturated rings. The van der Waals surface area contributed by atoms with Gasteiger partial charge in [-0.1, -0.05) is 100 Å². The second-order valence-electron chi connectivity index (χ2n) is 14.4. The molecular formula is C46H45NS2. The van der Waals surface area contributed by atoms with Gasteiger partial charge in [0.2, 0.25) is 0 Å². The molecule has 1 N–H and O–H groups in total. The normalized spacial score (nSPS) is 19.9. The van der Waals surface area contributed by atoms with Crippen molar-refractivity contribution < 1.29 is 0 Å². The van der Waals surface area contributed by atoms with E-state index in [0.717, 1.165) is 32.1 Å². The van der Waals surface area contributed by atoms with Crippen LogP contribution in [0.25, 0.3) is 43.5 Å². The van der Waals surface area contributed by atoms with Gasteiger partial charge in [-0.05, 0) is 114 Å². The highest BCUT2D eigenvalue weighted by Crippen LogP contribution is 2.54. The Hall–Kier alpha value is -3.79. The van der Waals surface area contributed by atoms with Crippen LogP contribution in [0.3, 0.4) is 0 Å². The first-order valence-electron chi connectivity index (χ1n) is 18.6. The zero-order valence-corrected chi connectivity index (χ0v) is 30.8. The van der Waals surface area contributed by atoms with E-state index in [1.165, 1.54) is 99.0 Å². The minimum absolute atomic E-state index is 0.393. The standard InChI is InChI=1S/C46H45NS2/c1-5-9-29-11-17-43-37(23-29)39-21-27(7-3)19-33(45(39)48-43)31-13-15-41-35(25-31)36-26-32(14-16-42(36)47-41)34-20-28(8-4)22-40-38-24-30(10-6-2)12-18-44(38)49-46(34)40/h11-19,21-26,34,39,45,47H,5-10,20H2,1-4H3. The van der Waals surface area contributed by atoms with Crippen LogP contribution in [-0.2, 0) is 12.8 Å². The van der Waals surface area contributed by atoms with E-state index in [4.69, 9.17) is 0 Å². The van der Waals surface area contributed by atoms with Gasteiger partial charge in [-0.15, -0.1) is 23.1 Å². The molecule has 3 aliphatic rings. The van der Waals surface area contributed by atoms with Crippen LogP contribution in [-0.4, -0.2) is 10.2 Å². The average molecular weight is 676 g/mol. The number of hydrogen-bond acceptors (Lipinski definition) is 2. The average Bonchev–Trinajstić information content (AvgIpc) is 3.81. The van der Waals surface area contributed by atoms with E-state index in [-0.39, 0.29) is 0 Å². The molecule has 6 aromatic rings. The molecule has 0 bridgehead atoms. The molecule has 49 heavy (non-hydrogen) atoms. The first-order chi connectivity index (χ1) is 24.0. The van der Waals surface area contributed by atoms with Gasteiger partial charge >= 0.3 is 0 Å². The van der Waals surface area contributed by atoms with Crippen LogP contribution in [0.5, 0.6) is 0 Å². The fraction of sp³-hybridized carbons (Fsp3) is 0.304. The van der Waals surface area contributed by atoms with E-state index in [0.29, 0.717) is 17.1 Å². The Morgan fingerprint density at radius 2 is 1.51 bits per heavy atom. The maximum atomic E-state index is 3.77. The minimum Gasteiger partial charge on any atom is -0.355 e. The highest BCUT2D eigenvalue weighted by Gasteiger charge is 2.37. The number of rotatable bonds is 8. The number of aryl methyl sites for hydroxylation is 2. The number of thiophene rings is 1. The lowest BCUT2D eigenvalue weighted by Gasteiger charge is -2.26. The van der Waals surface area contributed by atoms with E-state index in [1.807, 2.05) is 11.3 Å². The van der Waals surface area contributed by atoms with E-state index in [1.54, 1.807) is 5.57 Å². The molecule has 1 aliphatic heterocycles. The number of hydrogen-bond donors (Lipinski definition) is 1. The summed E-state index contributed by atoms with van der Waals surface area (Å²) in [4.78, 5) is 6.77. The molecule has 9 rings (SSSR count). The van der Waals surface area contributed by atoms with Gasteiger partial charge in [0.15, 0.2) is 0 Å². The molecule has 3 atom stereocenters. The van der Waals surface area contributed by atoms with Gasteiger partial charge in [-0.3, -0.25) is 0 Å². The molecule has 0 saturated heterocycles. The maximum Gasteiger partial charge on any atom is 0.0465 e. The fourth-order valence-corrected chi connectivity index (χ4v) is 11.5. The largest absolute Gasteiger partial charge is 0.355 e. The lowest BCUT2D eigenvalue weighted by atomic mass is 9.81. The smallest absolute Gasteiger partial charge is 0.0465 e. The summed E-state index contributed by atoms with van der Waals surface area (Å²) in [6.45, 7) is 9.19. The second-order valence-corrected chi connectivity index (χ2v) is 16.7. The monoisotopic (exact) mass is 675 g/mol. The third kappa shape index (κ3) is 5.27. The number of thioether (sulfide) groups is 1. The van der Waals surface area contributed by atoms with Crippen molar-refractivity contribution >= 4 is 66.6 Å². The molecule has 3 heterocycles.